The van der Waals surface area contributed by atoms with Gasteiger partial charge in [0.1, 0.15) is 11.5 Å². The van der Waals surface area contributed by atoms with Gasteiger partial charge in [0.2, 0.25) is 0 Å². The van der Waals surface area contributed by atoms with Crippen molar-refractivity contribution in [3.8, 4) is 11.5 Å². The quantitative estimate of drug-likeness (QED) is 0.712. The highest BCUT2D eigenvalue weighted by atomic mass is 127. The lowest BCUT2D eigenvalue weighted by Gasteiger charge is -2.18. The fourth-order valence-electron chi connectivity index (χ4n) is 1.97. The van der Waals surface area contributed by atoms with Crippen LogP contribution in [0.5, 0.6) is 11.5 Å². The third-order valence-corrected chi connectivity index (χ3v) is 3.66. The summed E-state index contributed by atoms with van der Waals surface area (Å²) in [5.74, 6) is 0.144. The van der Waals surface area contributed by atoms with Crippen LogP contribution in [0.4, 0.5) is 5.69 Å². The van der Waals surface area contributed by atoms with Crippen molar-refractivity contribution < 1.29 is 10.2 Å². The van der Waals surface area contributed by atoms with Gasteiger partial charge in [-0.25, -0.2) is 0 Å². The number of hydrogen-bond acceptors (Lipinski definition) is 3. The maximum Gasteiger partial charge on any atom is 0.119 e. The van der Waals surface area contributed by atoms with Crippen molar-refractivity contribution in [1.82, 2.24) is 0 Å². The first-order chi connectivity index (χ1) is 8.95. The van der Waals surface area contributed by atoms with E-state index < -0.39 is 0 Å². The third-order valence-electron chi connectivity index (χ3n) is 2.99. The molecule has 0 radical (unpaired) electrons. The van der Waals surface area contributed by atoms with Crippen molar-refractivity contribution in [3.63, 3.8) is 0 Å². The summed E-state index contributed by atoms with van der Waals surface area (Å²) in [5.41, 5.74) is 3.06. The summed E-state index contributed by atoms with van der Waals surface area (Å²) in [4.78, 5) is 0. The standard InChI is InChI=1S/C15H16INO2/c1-9-5-12(16)3-4-15(9)17-10(2)11-6-13(18)8-14(19)7-11/h3-8,10,17-19H,1-2H3. The molecule has 0 aromatic heterocycles. The van der Waals surface area contributed by atoms with Crippen molar-refractivity contribution in [3.05, 3.63) is 51.1 Å². The van der Waals surface area contributed by atoms with Gasteiger partial charge in [-0.1, -0.05) is 0 Å². The minimum Gasteiger partial charge on any atom is -0.508 e. The van der Waals surface area contributed by atoms with Gasteiger partial charge in [-0.2, -0.15) is 0 Å². The molecule has 2 rings (SSSR count). The Labute approximate surface area is 126 Å². The largest absolute Gasteiger partial charge is 0.508 e. The second-order valence-corrected chi connectivity index (χ2v) is 5.85. The number of aromatic hydroxyl groups is 2. The van der Waals surface area contributed by atoms with Crippen LogP contribution in [-0.2, 0) is 0 Å². The summed E-state index contributed by atoms with van der Waals surface area (Å²) in [6.45, 7) is 4.04. The molecule has 0 bridgehead atoms. The molecule has 100 valence electrons. The van der Waals surface area contributed by atoms with E-state index in [1.54, 1.807) is 12.1 Å². The van der Waals surface area contributed by atoms with Crippen molar-refractivity contribution in [2.75, 3.05) is 5.32 Å². The van der Waals surface area contributed by atoms with Crippen LogP contribution in [-0.4, -0.2) is 10.2 Å². The van der Waals surface area contributed by atoms with E-state index in [-0.39, 0.29) is 17.5 Å². The van der Waals surface area contributed by atoms with Gasteiger partial charge in [0, 0.05) is 21.4 Å². The minimum atomic E-state index is -0.00300. The summed E-state index contributed by atoms with van der Waals surface area (Å²) >= 11 is 2.28. The maximum absolute atomic E-state index is 9.51. The van der Waals surface area contributed by atoms with Crippen LogP contribution in [0.25, 0.3) is 0 Å². The van der Waals surface area contributed by atoms with E-state index in [2.05, 4.69) is 40.9 Å². The molecule has 3 nitrogen and oxygen atoms in total. The van der Waals surface area contributed by atoms with E-state index in [1.807, 2.05) is 19.1 Å². The summed E-state index contributed by atoms with van der Waals surface area (Å²) in [7, 11) is 0. The van der Waals surface area contributed by atoms with Crippen LogP contribution in [0, 0.1) is 10.5 Å². The zero-order valence-electron chi connectivity index (χ0n) is 10.8. The topological polar surface area (TPSA) is 52.5 Å². The highest BCUT2D eigenvalue weighted by Gasteiger charge is 2.09. The number of benzene rings is 2. The Morgan fingerprint density at radius 1 is 1.05 bits per heavy atom. The molecule has 19 heavy (non-hydrogen) atoms. The van der Waals surface area contributed by atoms with Crippen LogP contribution >= 0.6 is 22.6 Å². The molecular formula is C15H16INO2. The number of halogens is 1. The molecule has 0 saturated carbocycles. The smallest absolute Gasteiger partial charge is 0.119 e. The average Bonchev–Trinajstić information content (AvgIpc) is 2.31. The predicted octanol–water partition coefficient (Wildman–Crippen LogP) is 4.18. The summed E-state index contributed by atoms with van der Waals surface area (Å²) in [6, 6.07) is 10.8. The number of phenolic OH excluding ortho intramolecular Hbond substituents is 2. The second kappa shape index (κ2) is 5.69. The van der Waals surface area contributed by atoms with Gasteiger partial charge in [-0.15, -0.1) is 0 Å². The SMILES string of the molecule is Cc1cc(I)ccc1NC(C)c1cc(O)cc(O)c1. The van der Waals surface area contributed by atoms with Gasteiger partial charge in [0.15, 0.2) is 0 Å². The van der Waals surface area contributed by atoms with Crippen molar-refractivity contribution in [2.24, 2.45) is 0 Å². The molecule has 3 N–H and O–H groups in total. The van der Waals surface area contributed by atoms with E-state index in [4.69, 9.17) is 0 Å². The second-order valence-electron chi connectivity index (χ2n) is 4.61. The Kier molecular flexibility index (Phi) is 4.19. The number of aryl methyl sites for hydroxylation is 1. The van der Waals surface area contributed by atoms with E-state index in [0.717, 1.165) is 11.3 Å². The van der Waals surface area contributed by atoms with E-state index >= 15 is 0 Å². The minimum absolute atomic E-state index is 0.00300. The van der Waals surface area contributed by atoms with E-state index in [1.165, 1.54) is 15.2 Å². The Hall–Kier alpha value is -1.43. The van der Waals surface area contributed by atoms with Crippen LogP contribution < -0.4 is 5.32 Å². The van der Waals surface area contributed by atoms with Crippen LogP contribution in [0.15, 0.2) is 36.4 Å². The van der Waals surface area contributed by atoms with E-state index in [9.17, 15) is 10.2 Å². The zero-order chi connectivity index (χ0) is 14.0. The molecule has 0 spiro atoms. The molecular weight excluding hydrogens is 353 g/mol. The third kappa shape index (κ3) is 3.53. The normalized spacial score (nSPS) is 12.2. The first kappa shape index (κ1) is 14.0. The number of nitrogens with one attached hydrogen (secondary N) is 1. The van der Waals surface area contributed by atoms with Crippen molar-refractivity contribution in [2.45, 2.75) is 19.9 Å². The van der Waals surface area contributed by atoms with Gasteiger partial charge in [-0.3, -0.25) is 0 Å². The Morgan fingerprint density at radius 3 is 2.26 bits per heavy atom. The Morgan fingerprint density at radius 2 is 1.68 bits per heavy atom. The van der Waals surface area contributed by atoms with Gasteiger partial charge >= 0.3 is 0 Å². The molecule has 0 heterocycles. The highest BCUT2D eigenvalue weighted by molar-refractivity contribution is 14.1. The lowest BCUT2D eigenvalue weighted by molar-refractivity contribution is 0.448. The summed E-state index contributed by atoms with van der Waals surface area (Å²) in [6.07, 6.45) is 0. The first-order valence-electron chi connectivity index (χ1n) is 6.01. The first-order valence-corrected chi connectivity index (χ1v) is 7.09. The van der Waals surface area contributed by atoms with Crippen LogP contribution in [0.2, 0.25) is 0 Å². The lowest BCUT2D eigenvalue weighted by Crippen LogP contribution is -2.07. The summed E-state index contributed by atoms with van der Waals surface area (Å²) < 4.78 is 1.20. The zero-order valence-corrected chi connectivity index (χ0v) is 13.0. The monoisotopic (exact) mass is 369 g/mol. The molecule has 1 atom stereocenters. The Bertz CT molecular complexity index is 578. The van der Waals surface area contributed by atoms with Crippen molar-refractivity contribution >= 4 is 28.3 Å². The lowest BCUT2D eigenvalue weighted by atomic mass is 10.1. The fraction of sp³-hybridized carbons (Fsp3) is 0.200. The number of phenols is 2. The van der Waals surface area contributed by atoms with Gasteiger partial charge in [0.05, 0.1) is 0 Å². The van der Waals surface area contributed by atoms with Crippen LogP contribution in [0.3, 0.4) is 0 Å². The molecule has 0 aliphatic rings. The molecule has 4 heteroatoms. The molecule has 0 amide bonds. The van der Waals surface area contributed by atoms with Gasteiger partial charge in [-0.05, 0) is 77.9 Å². The molecule has 2 aromatic carbocycles. The Balaban J connectivity index is 2.22. The number of rotatable bonds is 3. The molecule has 0 fully saturated rings. The number of hydrogen-bond donors (Lipinski definition) is 3. The average molecular weight is 369 g/mol. The molecule has 1 unspecified atom stereocenters. The summed E-state index contributed by atoms with van der Waals surface area (Å²) in [5, 5.41) is 22.4. The van der Waals surface area contributed by atoms with Gasteiger partial charge < -0.3 is 15.5 Å². The molecule has 2 aromatic rings. The predicted molar refractivity (Wildman–Crippen MR) is 85.7 cm³/mol. The highest BCUT2D eigenvalue weighted by Crippen LogP contribution is 2.28. The maximum atomic E-state index is 9.51. The van der Waals surface area contributed by atoms with E-state index in [0.29, 0.717) is 0 Å². The van der Waals surface area contributed by atoms with Crippen molar-refractivity contribution in [1.29, 1.82) is 0 Å². The van der Waals surface area contributed by atoms with Crippen LogP contribution in [0.1, 0.15) is 24.1 Å². The molecule has 0 saturated heterocycles. The molecule has 0 aliphatic heterocycles. The molecule has 0 aliphatic carbocycles. The number of anilines is 1. The fourth-order valence-corrected chi connectivity index (χ4v) is 2.62. The van der Waals surface area contributed by atoms with Gasteiger partial charge in [0.25, 0.3) is 0 Å².